The summed E-state index contributed by atoms with van der Waals surface area (Å²) < 4.78 is 26.5. The van der Waals surface area contributed by atoms with Crippen LogP contribution in [0.4, 0.5) is 0 Å². The van der Waals surface area contributed by atoms with Gasteiger partial charge in [-0.3, -0.25) is 0 Å². The van der Waals surface area contributed by atoms with E-state index in [1.807, 2.05) is 19.0 Å². The molecule has 5 nitrogen and oxygen atoms in total. The van der Waals surface area contributed by atoms with Gasteiger partial charge in [-0.1, -0.05) is 17.9 Å². The summed E-state index contributed by atoms with van der Waals surface area (Å²) in [5, 5.41) is 8.62. The average molecular weight is 282 g/mol. The Balaban J connectivity index is 2.83. The molecule has 0 saturated heterocycles. The zero-order valence-electron chi connectivity index (χ0n) is 11.0. The van der Waals surface area contributed by atoms with E-state index in [0.717, 1.165) is 0 Å². The molecule has 1 aromatic rings. The minimum Gasteiger partial charge on any atom is -0.384 e. The number of hydrogen-bond donors (Lipinski definition) is 2. The van der Waals surface area contributed by atoms with Crippen molar-refractivity contribution in [2.24, 2.45) is 0 Å². The van der Waals surface area contributed by atoms with Gasteiger partial charge in [0.15, 0.2) is 0 Å². The molecule has 0 amide bonds. The van der Waals surface area contributed by atoms with Crippen LogP contribution in [0, 0.1) is 11.8 Å². The van der Waals surface area contributed by atoms with Crippen LogP contribution < -0.4 is 4.72 Å². The molecule has 0 fully saturated rings. The molecule has 0 aliphatic carbocycles. The third-order valence-corrected chi connectivity index (χ3v) is 3.77. The molecule has 1 aromatic carbocycles. The van der Waals surface area contributed by atoms with Gasteiger partial charge in [-0.05, 0) is 32.3 Å². The normalized spacial score (nSPS) is 11.2. The average Bonchev–Trinajstić information content (AvgIpc) is 2.36. The van der Waals surface area contributed by atoms with Crippen LogP contribution in [-0.4, -0.2) is 52.2 Å². The fourth-order valence-electron chi connectivity index (χ4n) is 1.37. The molecule has 0 atom stereocenters. The van der Waals surface area contributed by atoms with E-state index in [2.05, 4.69) is 16.6 Å². The summed E-state index contributed by atoms with van der Waals surface area (Å²) in [5.74, 6) is 5.17. The number of hydrogen-bond acceptors (Lipinski definition) is 4. The lowest BCUT2D eigenvalue weighted by atomic mass is 10.2. The van der Waals surface area contributed by atoms with Crippen LogP contribution in [0.1, 0.15) is 5.56 Å². The summed E-state index contributed by atoms with van der Waals surface area (Å²) in [6.45, 7) is 0.725. The molecule has 0 spiro atoms. The number of sulfonamides is 1. The first kappa shape index (κ1) is 15.7. The SMILES string of the molecule is CN(C)CCNS(=O)(=O)c1cccc(C#CCO)c1. The molecule has 0 aliphatic rings. The zero-order chi connectivity index (χ0) is 14.3. The number of aliphatic hydroxyl groups excluding tert-OH is 1. The first-order valence-electron chi connectivity index (χ1n) is 5.80. The van der Waals surface area contributed by atoms with E-state index in [-0.39, 0.29) is 11.5 Å². The third-order valence-electron chi connectivity index (χ3n) is 2.31. The molecule has 6 heteroatoms. The van der Waals surface area contributed by atoms with Crippen molar-refractivity contribution in [1.29, 1.82) is 0 Å². The number of rotatable bonds is 5. The largest absolute Gasteiger partial charge is 0.384 e. The summed E-state index contributed by atoms with van der Waals surface area (Å²) >= 11 is 0. The van der Waals surface area contributed by atoms with Crippen LogP contribution >= 0.6 is 0 Å². The maximum absolute atomic E-state index is 12.0. The van der Waals surface area contributed by atoms with Gasteiger partial charge in [-0.2, -0.15) is 0 Å². The quantitative estimate of drug-likeness (QED) is 0.738. The topological polar surface area (TPSA) is 69.6 Å². The van der Waals surface area contributed by atoms with E-state index in [4.69, 9.17) is 5.11 Å². The molecule has 2 N–H and O–H groups in total. The van der Waals surface area contributed by atoms with E-state index in [1.165, 1.54) is 12.1 Å². The lowest BCUT2D eigenvalue weighted by Gasteiger charge is -2.11. The van der Waals surface area contributed by atoms with Gasteiger partial charge in [0.25, 0.3) is 0 Å². The van der Waals surface area contributed by atoms with Crippen molar-refractivity contribution in [3.63, 3.8) is 0 Å². The summed E-state index contributed by atoms with van der Waals surface area (Å²) in [5.41, 5.74) is 0.560. The van der Waals surface area contributed by atoms with Gasteiger partial charge in [0, 0.05) is 18.7 Å². The Kier molecular flexibility index (Phi) is 5.99. The van der Waals surface area contributed by atoms with Crippen molar-refractivity contribution in [1.82, 2.24) is 9.62 Å². The number of nitrogens with one attached hydrogen (secondary N) is 1. The van der Waals surface area contributed by atoms with E-state index >= 15 is 0 Å². The number of benzene rings is 1. The van der Waals surface area contributed by atoms with Crippen molar-refractivity contribution in [2.45, 2.75) is 4.90 Å². The molecular formula is C13H18N2O3S. The molecule has 0 unspecified atom stereocenters. The minimum absolute atomic E-state index is 0.177. The Morgan fingerprint density at radius 1 is 1.37 bits per heavy atom. The monoisotopic (exact) mass is 282 g/mol. The van der Waals surface area contributed by atoms with Crippen LogP contribution in [0.15, 0.2) is 29.2 Å². The number of aliphatic hydroxyl groups is 1. The van der Waals surface area contributed by atoms with E-state index < -0.39 is 10.0 Å². The summed E-state index contributed by atoms with van der Waals surface area (Å²) in [4.78, 5) is 2.07. The Morgan fingerprint density at radius 3 is 2.74 bits per heavy atom. The lowest BCUT2D eigenvalue weighted by Crippen LogP contribution is -2.31. The molecule has 0 radical (unpaired) electrons. The number of nitrogens with zero attached hydrogens (tertiary/aromatic N) is 1. The van der Waals surface area contributed by atoms with Crippen LogP contribution in [0.25, 0.3) is 0 Å². The molecule has 1 rings (SSSR count). The first-order chi connectivity index (χ1) is 8.95. The van der Waals surface area contributed by atoms with Gasteiger partial charge in [-0.25, -0.2) is 13.1 Å². The Labute approximate surface area is 114 Å². The van der Waals surface area contributed by atoms with E-state index in [0.29, 0.717) is 18.7 Å². The fourth-order valence-corrected chi connectivity index (χ4v) is 2.44. The van der Waals surface area contributed by atoms with Gasteiger partial charge >= 0.3 is 0 Å². The Hall–Kier alpha value is -1.39. The summed E-state index contributed by atoms with van der Waals surface area (Å²) in [6, 6.07) is 6.33. The van der Waals surface area contributed by atoms with Crippen molar-refractivity contribution < 1.29 is 13.5 Å². The van der Waals surface area contributed by atoms with E-state index in [9.17, 15) is 8.42 Å². The van der Waals surface area contributed by atoms with Crippen LogP contribution in [0.3, 0.4) is 0 Å². The maximum Gasteiger partial charge on any atom is 0.240 e. The Morgan fingerprint density at radius 2 is 2.11 bits per heavy atom. The minimum atomic E-state index is -3.51. The molecule has 19 heavy (non-hydrogen) atoms. The van der Waals surface area contributed by atoms with Crippen molar-refractivity contribution in [3.05, 3.63) is 29.8 Å². The third kappa shape index (κ3) is 5.41. The van der Waals surface area contributed by atoms with Crippen LogP contribution in [0.2, 0.25) is 0 Å². The van der Waals surface area contributed by atoms with Gasteiger partial charge < -0.3 is 10.0 Å². The molecule has 0 bridgehead atoms. The summed E-state index contributed by atoms with van der Waals surface area (Å²) in [7, 11) is 0.238. The highest BCUT2D eigenvalue weighted by Gasteiger charge is 2.13. The second kappa shape index (κ2) is 7.26. The molecule has 0 aliphatic heterocycles. The zero-order valence-corrected chi connectivity index (χ0v) is 11.9. The highest BCUT2D eigenvalue weighted by Crippen LogP contribution is 2.10. The smallest absolute Gasteiger partial charge is 0.240 e. The van der Waals surface area contributed by atoms with Crippen molar-refractivity contribution in [3.8, 4) is 11.8 Å². The summed E-state index contributed by atoms with van der Waals surface area (Å²) in [6.07, 6.45) is 0. The highest BCUT2D eigenvalue weighted by atomic mass is 32.2. The van der Waals surface area contributed by atoms with Crippen molar-refractivity contribution in [2.75, 3.05) is 33.8 Å². The molecular weight excluding hydrogens is 264 g/mol. The van der Waals surface area contributed by atoms with E-state index in [1.54, 1.807) is 12.1 Å². The number of likely N-dealkylation sites (N-methyl/N-ethyl adjacent to an activating group) is 1. The standard InChI is InChI=1S/C13H18N2O3S/c1-15(2)9-8-14-19(17,18)13-7-3-5-12(11-13)6-4-10-16/h3,5,7,11,14,16H,8-10H2,1-2H3. The Bertz CT molecular complexity index is 571. The van der Waals surface area contributed by atoms with Gasteiger partial charge in [0.1, 0.15) is 6.61 Å². The van der Waals surface area contributed by atoms with Crippen LogP contribution in [-0.2, 0) is 10.0 Å². The molecule has 0 aromatic heterocycles. The van der Waals surface area contributed by atoms with Crippen molar-refractivity contribution >= 4 is 10.0 Å². The van der Waals surface area contributed by atoms with Crippen LogP contribution in [0.5, 0.6) is 0 Å². The van der Waals surface area contributed by atoms with Gasteiger partial charge in [0.2, 0.25) is 10.0 Å². The predicted molar refractivity (Wildman–Crippen MR) is 74.1 cm³/mol. The lowest BCUT2D eigenvalue weighted by molar-refractivity contribution is 0.350. The molecule has 0 heterocycles. The van der Waals surface area contributed by atoms with Gasteiger partial charge in [-0.15, -0.1) is 0 Å². The molecule has 0 saturated carbocycles. The van der Waals surface area contributed by atoms with Gasteiger partial charge in [0.05, 0.1) is 4.90 Å². The molecule has 104 valence electrons. The second-order valence-corrected chi connectivity index (χ2v) is 5.96. The predicted octanol–water partition coefficient (Wildman–Crippen LogP) is -0.130. The highest BCUT2D eigenvalue weighted by molar-refractivity contribution is 7.89. The maximum atomic E-state index is 12.0. The fraction of sp³-hybridized carbons (Fsp3) is 0.385. The first-order valence-corrected chi connectivity index (χ1v) is 7.28. The second-order valence-electron chi connectivity index (χ2n) is 4.19.